The predicted molar refractivity (Wildman–Crippen MR) is 78.9 cm³/mol. The van der Waals surface area contributed by atoms with Crippen molar-refractivity contribution < 1.29 is 9.53 Å². The maximum absolute atomic E-state index is 12.2. The van der Waals surface area contributed by atoms with Crippen LogP contribution >= 0.6 is 34.5 Å². The smallest absolute Gasteiger partial charge is 0.273 e. The normalized spacial score (nSPS) is 15.0. The number of thiazole rings is 1. The van der Waals surface area contributed by atoms with Gasteiger partial charge in [0.25, 0.3) is 11.1 Å². The number of hydrogen-bond donors (Lipinski definition) is 0. The molecule has 0 bridgehead atoms. The van der Waals surface area contributed by atoms with E-state index >= 15 is 0 Å². The number of amides is 1. The van der Waals surface area contributed by atoms with Crippen molar-refractivity contribution in [2.75, 3.05) is 13.1 Å². The van der Waals surface area contributed by atoms with Crippen LogP contribution in [0.1, 0.15) is 10.4 Å². The molecule has 1 aromatic carbocycles. The first-order chi connectivity index (χ1) is 9.63. The maximum atomic E-state index is 12.2. The molecular formula is C13H10Cl2N2O2S. The number of halogens is 2. The first-order valence-corrected chi connectivity index (χ1v) is 7.57. The monoisotopic (exact) mass is 328 g/mol. The number of benzene rings is 1. The number of rotatable bonds is 3. The van der Waals surface area contributed by atoms with E-state index in [2.05, 4.69) is 4.98 Å². The summed E-state index contributed by atoms with van der Waals surface area (Å²) < 4.78 is 5.62. The molecule has 1 saturated heterocycles. The lowest BCUT2D eigenvalue weighted by molar-refractivity contribution is 0.0177. The average Bonchev–Trinajstić information content (AvgIpc) is 2.89. The third-order valence-corrected chi connectivity index (χ3v) is 4.38. The van der Waals surface area contributed by atoms with Crippen LogP contribution in [-0.4, -0.2) is 35.0 Å². The molecule has 104 valence electrons. The van der Waals surface area contributed by atoms with Gasteiger partial charge in [-0.1, -0.05) is 34.5 Å². The number of ether oxygens (including phenoxy) is 1. The molecule has 1 amide bonds. The number of hydrogen-bond acceptors (Lipinski definition) is 4. The fraction of sp³-hybridized carbons (Fsp3) is 0.231. The van der Waals surface area contributed by atoms with Crippen molar-refractivity contribution in [3.05, 3.63) is 45.4 Å². The summed E-state index contributed by atoms with van der Waals surface area (Å²) in [5.74, 6) is -0.0671. The average molecular weight is 329 g/mol. The Kier molecular flexibility index (Phi) is 3.83. The molecule has 1 aliphatic rings. The highest BCUT2D eigenvalue weighted by Gasteiger charge is 2.33. The fourth-order valence-electron chi connectivity index (χ4n) is 1.90. The molecule has 1 aliphatic heterocycles. The second-order valence-electron chi connectivity index (χ2n) is 4.38. The highest BCUT2D eigenvalue weighted by molar-refractivity contribution is 7.11. The molecule has 1 fully saturated rings. The van der Waals surface area contributed by atoms with E-state index in [1.165, 1.54) is 11.3 Å². The van der Waals surface area contributed by atoms with Crippen LogP contribution in [-0.2, 0) is 0 Å². The minimum absolute atomic E-state index is 0.00729. The van der Waals surface area contributed by atoms with E-state index in [4.69, 9.17) is 27.9 Å². The Hall–Kier alpha value is -1.30. The highest BCUT2D eigenvalue weighted by Crippen LogP contribution is 2.25. The number of nitrogens with zero attached hydrogens (tertiary/aromatic N) is 2. The van der Waals surface area contributed by atoms with Gasteiger partial charge in [0.15, 0.2) is 0 Å². The van der Waals surface area contributed by atoms with Gasteiger partial charge in [-0.25, -0.2) is 4.98 Å². The van der Waals surface area contributed by atoms with Crippen molar-refractivity contribution in [2.24, 2.45) is 0 Å². The van der Waals surface area contributed by atoms with Crippen molar-refractivity contribution >= 4 is 40.4 Å². The van der Waals surface area contributed by atoms with Crippen LogP contribution in [0.5, 0.6) is 5.19 Å². The van der Waals surface area contributed by atoms with Gasteiger partial charge < -0.3 is 9.64 Å². The van der Waals surface area contributed by atoms with Gasteiger partial charge in [0.1, 0.15) is 6.10 Å². The summed E-state index contributed by atoms with van der Waals surface area (Å²) in [5.41, 5.74) is 0.534. The van der Waals surface area contributed by atoms with Gasteiger partial charge in [0, 0.05) is 17.1 Å². The molecule has 0 atom stereocenters. The zero-order valence-electron chi connectivity index (χ0n) is 10.3. The summed E-state index contributed by atoms with van der Waals surface area (Å²) in [7, 11) is 0. The lowest BCUT2D eigenvalue weighted by Crippen LogP contribution is -2.56. The molecule has 7 heteroatoms. The van der Waals surface area contributed by atoms with Crippen molar-refractivity contribution in [1.82, 2.24) is 9.88 Å². The molecule has 0 spiro atoms. The van der Waals surface area contributed by atoms with Crippen molar-refractivity contribution in [1.29, 1.82) is 0 Å². The van der Waals surface area contributed by atoms with E-state index in [0.29, 0.717) is 33.9 Å². The molecule has 2 aromatic rings. The van der Waals surface area contributed by atoms with Crippen molar-refractivity contribution in [3.63, 3.8) is 0 Å². The van der Waals surface area contributed by atoms with Gasteiger partial charge in [-0.15, -0.1) is 0 Å². The first kappa shape index (κ1) is 13.7. The van der Waals surface area contributed by atoms with E-state index in [0.717, 1.165) is 0 Å². The maximum Gasteiger partial charge on any atom is 0.273 e. The van der Waals surface area contributed by atoms with Crippen LogP contribution in [0.2, 0.25) is 10.0 Å². The Morgan fingerprint density at radius 2 is 2.15 bits per heavy atom. The molecule has 4 nitrogen and oxygen atoms in total. The van der Waals surface area contributed by atoms with Gasteiger partial charge in [0.2, 0.25) is 0 Å². The summed E-state index contributed by atoms with van der Waals surface area (Å²) in [5, 5.41) is 3.31. The molecule has 0 aliphatic carbocycles. The van der Waals surface area contributed by atoms with Crippen LogP contribution in [0.4, 0.5) is 0 Å². The lowest BCUT2D eigenvalue weighted by Gasteiger charge is -2.38. The van der Waals surface area contributed by atoms with Crippen molar-refractivity contribution in [2.45, 2.75) is 6.10 Å². The van der Waals surface area contributed by atoms with Gasteiger partial charge in [0.05, 0.1) is 23.1 Å². The molecule has 0 saturated carbocycles. The predicted octanol–water partition coefficient (Wildman–Crippen LogP) is 3.35. The minimum Gasteiger partial charge on any atom is -0.463 e. The van der Waals surface area contributed by atoms with Gasteiger partial charge in [-0.05, 0) is 18.2 Å². The van der Waals surface area contributed by atoms with Crippen molar-refractivity contribution in [3.8, 4) is 5.19 Å². The summed E-state index contributed by atoms with van der Waals surface area (Å²) in [4.78, 5) is 17.9. The van der Waals surface area contributed by atoms with Crippen LogP contribution in [0.15, 0.2) is 29.8 Å². The molecule has 0 unspecified atom stereocenters. The van der Waals surface area contributed by atoms with E-state index in [1.807, 2.05) is 5.38 Å². The van der Waals surface area contributed by atoms with Gasteiger partial charge in [-0.3, -0.25) is 4.79 Å². The number of carbonyl (C=O) groups excluding carboxylic acids is 1. The lowest BCUT2D eigenvalue weighted by atomic mass is 10.1. The second kappa shape index (κ2) is 5.60. The number of carbonyl (C=O) groups is 1. The SMILES string of the molecule is O=C(c1ccc(Cl)c(Cl)c1)N1CC(Oc2nccs2)C1. The van der Waals surface area contributed by atoms with Crippen LogP contribution in [0, 0.1) is 0 Å². The molecule has 20 heavy (non-hydrogen) atoms. The van der Waals surface area contributed by atoms with Crippen LogP contribution < -0.4 is 4.74 Å². The van der Waals surface area contributed by atoms with Gasteiger partial charge >= 0.3 is 0 Å². The number of aromatic nitrogens is 1. The molecular weight excluding hydrogens is 319 g/mol. The largest absolute Gasteiger partial charge is 0.463 e. The topological polar surface area (TPSA) is 42.4 Å². The molecule has 0 N–H and O–H groups in total. The molecule has 1 aromatic heterocycles. The first-order valence-electron chi connectivity index (χ1n) is 5.94. The van der Waals surface area contributed by atoms with Crippen LogP contribution in [0.3, 0.4) is 0 Å². The Morgan fingerprint density at radius 3 is 2.80 bits per heavy atom. The summed E-state index contributed by atoms with van der Waals surface area (Å²) in [6, 6.07) is 4.88. The zero-order chi connectivity index (χ0) is 14.1. The molecule has 2 heterocycles. The third kappa shape index (κ3) is 2.75. The zero-order valence-corrected chi connectivity index (χ0v) is 12.6. The van der Waals surface area contributed by atoms with Gasteiger partial charge in [-0.2, -0.15) is 0 Å². The molecule has 0 radical (unpaired) electrons. The summed E-state index contributed by atoms with van der Waals surface area (Å²) in [6.07, 6.45) is 1.70. The van der Waals surface area contributed by atoms with E-state index < -0.39 is 0 Å². The Labute approximate surface area is 129 Å². The van der Waals surface area contributed by atoms with E-state index in [1.54, 1.807) is 29.3 Å². The quantitative estimate of drug-likeness (QED) is 0.867. The molecule has 3 rings (SSSR count). The third-order valence-electron chi connectivity index (χ3n) is 2.98. The highest BCUT2D eigenvalue weighted by atomic mass is 35.5. The van der Waals surface area contributed by atoms with Crippen LogP contribution in [0.25, 0.3) is 0 Å². The Balaban J connectivity index is 1.59. The Bertz CT molecular complexity index is 627. The minimum atomic E-state index is -0.0671. The summed E-state index contributed by atoms with van der Waals surface area (Å²) >= 11 is 13.2. The standard InChI is InChI=1S/C13H10Cl2N2O2S/c14-10-2-1-8(5-11(10)15)12(18)17-6-9(7-17)19-13-16-3-4-20-13/h1-5,9H,6-7H2. The summed E-state index contributed by atoms with van der Waals surface area (Å²) in [6.45, 7) is 1.11. The number of likely N-dealkylation sites (tertiary alicyclic amines) is 1. The van der Waals surface area contributed by atoms with E-state index in [-0.39, 0.29) is 12.0 Å². The second-order valence-corrected chi connectivity index (χ2v) is 6.05. The fourth-order valence-corrected chi connectivity index (χ4v) is 2.75. The van der Waals surface area contributed by atoms with E-state index in [9.17, 15) is 4.79 Å². The Morgan fingerprint density at radius 1 is 1.35 bits per heavy atom.